The summed E-state index contributed by atoms with van der Waals surface area (Å²) < 4.78 is 0. The van der Waals surface area contributed by atoms with Gasteiger partial charge in [-0.05, 0) is 6.42 Å². The van der Waals surface area contributed by atoms with Crippen molar-refractivity contribution in [1.82, 2.24) is 0 Å². The van der Waals surface area contributed by atoms with Gasteiger partial charge in [0.25, 0.3) is 0 Å². The van der Waals surface area contributed by atoms with Gasteiger partial charge in [0.15, 0.2) is 0 Å². The molecular formula is C7H15Br2Mg. The first-order valence-corrected chi connectivity index (χ1v) is 11.6. The maximum absolute atomic E-state index is 3.20. The third kappa shape index (κ3) is 22.6. The molecule has 10 heavy (non-hydrogen) atoms. The highest BCUT2D eigenvalue weighted by atomic mass is 79.9. The summed E-state index contributed by atoms with van der Waals surface area (Å²) in [5.74, 6) is 0. The Balaban J connectivity index is 0. The fraction of sp³-hybridized carbons (Fsp3) is 0.857. The zero-order valence-corrected chi connectivity index (χ0v) is 11.5. The molecule has 0 aromatic rings. The van der Waals surface area contributed by atoms with E-state index in [9.17, 15) is 0 Å². The molecule has 0 aromatic carbocycles. The van der Waals surface area contributed by atoms with Gasteiger partial charge in [-0.25, -0.2) is 0 Å². The second-order valence-corrected chi connectivity index (χ2v) is 10.0. The lowest BCUT2D eigenvalue weighted by Crippen LogP contribution is -1.72. The Hall–Kier alpha value is 1.73. The molecule has 0 rings (SSSR count). The zero-order chi connectivity index (χ0) is 8.24. The molecular weight excluding hydrogens is 268 g/mol. The van der Waals surface area contributed by atoms with E-state index in [1.807, 2.05) is 0 Å². The largest absolute Gasteiger partial charge is 0.560 e. The highest BCUT2D eigenvalue weighted by Crippen LogP contribution is 1.98. The first-order chi connectivity index (χ1) is 4.83. The summed E-state index contributed by atoms with van der Waals surface area (Å²) in [6.45, 7) is 4.42. The molecule has 0 spiro atoms. The number of hydrogen-bond donors (Lipinski definition) is 0. The van der Waals surface area contributed by atoms with E-state index in [4.69, 9.17) is 0 Å². The SMILES string of the molecule is CC[CH]CCCC.[Br][Mg][Br]. The molecule has 0 heterocycles. The Labute approximate surface area is 87.0 Å². The summed E-state index contributed by atoms with van der Waals surface area (Å²) in [5, 5.41) is 0. The Kier molecular flexibility index (Phi) is 24.2. The quantitative estimate of drug-likeness (QED) is 0.538. The van der Waals surface area contributed by atoms with E-state index in [-0.39, 0.29) is 16.0 Å². The maximum atomic E-state index is 3.20. The van der Waals surface area contributed by atoms with Crippen LogP contribution in [0.15, 0.2) is 0 Å². The first-order valence-electron chi connectivity index (χ1n) is 3.77. The molecule has 0 aliphatic rings. The molecule has 0 atom stereocenters. The van der Waals surface area contributed by atoms with E-state index < -0.39 is 0 Å². The summed E-state index contributed by atoms with van der Waals surface area (Å²) in [4.78, 5) is 0. The third-order valence-corrected chi connectivity index (χ3v) is 1.05. The van der Waals surface area contributed by atoms with Crippen molar-refractivity contribution >= 4 is 41.8 Å². The fourth-order valence-electron chi connectivity index (χ4n) is 0.553. The Morgan fingerprint density at radius 2 is 1.80 bits per heavy atom. The third-order valence-electron chi connectivity index (χ3n) is 1.05. The van der Waals surface area contributed by atoms with Gasteiger partial charge >= 0.3 is 16.0 Å². The van der Waals surface area contributed by atoms with Crippen LogP contribution in [-0.2, 0) is 0 Å². The summed E-state index contributed by atoms with van der Waals surface area (Å²) in [7, 11) is 0. The lowest BCUT2D eigenvalue weighted by molar-refractivity contribution is 0.761. The van der Waals surface area contributed by atoms with E-state index in [1.165, 1.54) is 25.7 Å². The van der Waals surface area contributed by atoms with E-state index in [0.29, 0.717) is 0 Å². The molecule has 0 N–H and O–H groups in total. The van der Waals surface area contributed by atoms with Crippen LogP contribution < -0.4 is 0 Å². The highest BCUT2D eigenvalue weighted by molar-refractivity contribution is 9.47. The number of halogens is 2. The summed E-state index contributed by atoms with van der Waals surface area (Å²) >= 11 is 6.44. The van der Waals surface area contributed by atoms with Crippen LogP contribution in [0.3, 0.4) is 0 Å². The van der Waals surface area contributed by atoms with Gasteiger partial charge in [0.1, 0.15) is 0 Å². The van der Waals surface area contributed by atoms with Crippen molar-refractivity contribution in [3.05, 3.63) is 6.42 Å². The van der Waals surface area contributed by atoms with E-state index >= 15 is 0 Å². The maximum Gasteiger partial charge on any atom is 0.560 e. The zero-order valence-electron chi connectivity index (χ0n) is 6.87. The summed E-state index contributed by atoms with van der Waals surface area (Å²) in [6, 6.07) is 0. The molecule has 0 saturated heterocycles. The lowest BCUT2D eigenvalue weighted by Gasteiger charge is -1.90. The molecule has 0 amide bonds. The van der Waals surface area contributed by atoms with E-state index in [1.54, 1.807) is 0 Å². The van der Waals surface area contributed by atoms with Gasteiger partial charge in [-0.15, -0.1) is 0 Å². The second-order valence-electron chi connectivity index (χ2n) is 1.94. The normalized spacial score (nSPS) is 7.60. The van der Waals surface area contributed by atoms with E-state index in [0.717, 1.165) is 0 Å². The fourth-order valence-corrected chi connectivity index (χ4v) is 0.553. The molecule has 0 saturated carbocycles. The summed E-state index contributed by atoms with van der Waals surface area (Å²) in [6.07, 6.45) is 7.58. The number of hydrogen-bond acceptors (Lipinski definition) is 0. The predicted octanol–water partition coefficient (Wildman–Crippen LogP) is 4.10. The van der Waals surface area contributed by atoms with Crippen LogP contribution in [0.1, 0.15) is 39.5 Å². The lowest BCUT2D eigenvalue weighted by atomic mass is 10.2. The molecule has 0 aliphatic carbocycles. The number of unbranched alkanes of at least 4 members (excludes halogenated alkanes) is 4. The molecule has 3 heteroatoms. The van der Waals surface area contributed by atoms with E-state index in [2.05, 4.69) is 46.0 Å². The van der Waals surface area contributed by atoms with Crippen molar-refractivity contribution in [3.8, 4) is 0 Å². The topological polar surface area (TPSA) is 0 Å². The minimum atomic E-state index is 0.0417. The molecule has 0 bridgehead atoms. The molecule has 0 fully saturated rings. The van der Waals surface area contributed by atoms with Gasteiger partial charge in [0.2, 0.25) is 0 Å². The smallest absolute Gasteiger partial charge is 0.280 e. The van der Waals surface area contributed by atoms with Gasteiger partial charge in [-0.2, -0.15) is 0 Å². The van der Waals surface area contributed by atoms with Crippen LogP contribution in [-0.4, -0.2) is 16.0 Å². The minimum absolute atomic E-state index is 0.0417. The second kappa shape index (κ2) is 17.0. The average Bonchev–Trinajstić information content (AvgIpc) is 1.91. The van der Waals surface area contributed by atoms with Crippen LogP contribution in [0.4, 0.5) is 0 Å². The van der Waals surface area contributed by atoms with Crippen molar-refractivity contribution in [2.45, 2.75) is 39.5 Å². The minimum Gasteiger partial charge on any atom is -0.280 e. The van der Waals surface area contributed by atoms with Gasteiger partial charge in [-0.3, -0.25) is 25.8 Å². The molecule has 0 unspecified atom stereocenters. The monoisotopic (exact) mass is 281 g/mol. The van der Waals surface area contributed by atoms with Gasteiger partial charge in [0.05, 0.1) is 0 Å². The van der Waals surface area contributed by atoms with Gasteiger partial charge in [0, 0.05) is 0 Å². The van der Waals surface area contributed by atoms with Crippen molar-refractivity contribution in [1.29, 1.82) is 0 Å². The molecule has 0 aromatic heterocycles. The van der Waals surface area contributed by atoms with Crippen molar-refractivity contribution < 1.29 is 0 Å². The van der Waals surface area contributed by atoms with Crippen LogP contribution in [0.25, 0.3) is 0 Å². The Morgan fingerprint density at radius 3 is 2.10 bits per heavy atom. The molecule has 0 aliphatic heterocycles. The highest BCUT2D eigenvalue weighted by Gasteiger charge is 1.80. The number of rotatable bonds is 4. The van der Waals surface area contributed by atoms with Gasteiger partial charge < -0.3 is 0 Å². The Morgan fingerprint density at radius 1 is 1.30 bits per heavy atom. The van der Waals surface area contributed by atoms with Crippen molar-refractivity contribution in [3.63, 3.8) is 0 Å². The molecule has 59 valence electrons. The van der Waals surface area contributed by atoms with Crippen LogP contribution in [0.2, 0.25) is 0 Å². The first kappa shape index (κ1) is 14.3. The summed E-state index contributed by atoms with van der Waals surface area (Å²) in [5.41, 5.74) is 0. The van der Waals surface area contributed by atoms with Crippen LogP contribution in [0.5, 0.6) is 0 Å². The van der Waals surface area contributed by atoms with Crippen molar-refractivity contribution in [2.75, 3.05) is 0 Å². The van der Waals surface area contributed by atoms with Crippen LogP contribution in [0, 0.1) is 6.42 Å². The molecule has 1 radical (unpaired) electrons. The molecule has 0 nitrogen and oxygen atoms in total. The predicted molar refractivity (Wildman–Crippen MR) is 57.7 cm³/mol. The van der Waals surface area contributed by atoms with Crippen LogP contribution >= 0.6 is 25.8 Å². The standard InChI is InChI=1S/C7H15.2BrH.Mg/c1-3-5-7-6-4-2;;;/h5H,3-4,6-7H2,1-2H3;2*1H;/q;;;+2/p-2. The van der Waals surface area contributed by atoms with Crippen molar-refractivity contribution in [2.24, 2.45) is 0 Å². The van der Waals surface area contributed by atoms with Gasteiger partial charge in [-0.1, -0.05) is 39.5 Å². The Bertz CT molecular complexity index is 38.6. The average molecular weight is 283 g/mol.